The smallest absolute Gasteiger partial charge is 0.0847 e. The van der Waals surface area contributed by atoms with Crippen molar-refractivity contribution in [1.82, 2.24) is 0 Å². The first-order valence-electron chi connectivity index (χ1n) is 8.13. The molecule has 1 fully saturated rings. The fourth-order valence-corrected chi connectivity index (χ4v) is 3.70. The van der Waals surface area contributed by atoms with Crippen LogP contribution in [0.5, 0.6) is 0 Å². The van der Waals surface area contributed by atoms with Gasteiger partial charge in [0.2, 0.25) is 0 Å². The van der Waals surface area contributed by atoms with Crippen LogP contribution in [-0.2, 0) is 4.74 Å². The van der Waals surface area contributed by atoms with Gasteiger partial charge in [0, 0.05) is 5.38 Å². The lowest BCUT2D eigenvalue weighted by Gasteiger charge is -2.33. The Bertz CT molecular complexity index is 799. The van der Waals surface area contributed by atoms with Gasteiger partial charge in [0.15, 0.2) is 0 Å². The second kappa shape index (κ2) is 6.35. The summed E-state index contributed by atoms with van der Waals surface area (Å²) in [5, 5.41) is 2.65. The molecule has 1 aliphatic rings. The molecule has 0 N–H and O–H groups in total. The van der Waals surface area contributed by atoms with Gasteiger partial charge in [-0.05, 0) is 40.8 Å². The van der Waals surface area contributed by atoms with E-state index in [2.05, 4.69) is 66.7 Å². The molecule has 0 radical (unpaired) electrons. The summed E-state index contributed by atoms with van der Waals surface area (Å²) >= 11 is 6.54. The number of hydrogen-bond donors (Lipinski definition) is 0. The molecule has 2 heteroatoms. The molecule has 1 heterocycles. The highest BCUT2D eigenvalue weighted by Crippen LogP contribution is 2.41. The Kier molecular flexibility index (Phi) is 4.07. The van der Waals surface area contributed by atoms with Gasteiger partial charge in [-0.25, -0.2) is 0 Å². The maximum Gasteiger partial charge on any atom is 0.0847 e. The molecule has 3 aromatic carbocycles. The molecule has 0 saturated carbocycles. The lowest BCUT2D eigenvalue weighted by molar-refractivity contribution is -0.0516. The Morgan fingerprint density at radius 2 is 1.35 bits per heavy atom. The number of alkyl halides is 1. The molecule has 4 rings (SSSR count). The van der Waals surface area contributed by atoms with E-state index in [1.165, 1.54) is 21.9 Å². The zero-order chi connectivity index (χ0) is 15.6. The number of benzene rings is 3. The van der Waals surface area contributed by atoms with Crippen LogP contribution < -0.4 is 0 Å². The summed E-state index contributed by atoms with van der Waals surface area (Å²) in [6.07, 6.45) is 1.86. The van der Waals surface area contributed by atoms with Gasteiger partial charge in [0.25, 0.3) is 0 Å². The molecular formula is C21H19ClO. The van der Waals surface area contributed by atoms with Crippen molar-refractivity contribution in [2.24, 2.45) is 0 Å². The summed E-state index contributed by atoms with van der Waals surface area (Å²) in [5.41, 5.74) is 2.43. The SMILES string of the molecule is ClC1CC(c2ccccc2)OC(c2ccc3ccccc3c2)C1. The van der Waals surface area contributed by atoms with E-state index >= 15 is 0 Å². The predicted molar refractivity (Wildman–Crippen MR) is 95.8 cm³/mol. The summed E-state index contributed by atoms with van der Waals surface area (Å²) in [6.45, 7) is 0. The van der Waals surface area contributed by atoms with Crippen LogP contribution in [0.15, 0.2) is 72.8 Å². The predicted octanol–water partition coefficient (Wildman–Crippen LogP) is 6.04. The Morgan fingerprint density at radius 1 is 0.696 bits per heavy atom. The van der Waals surface area contributed by atoms with Crippen LogP contribution in [-0.4, -0.2) is 5.38 Å². The molecule has 3 aromatic rings. The Balaban J connectivity index is 1.64. The first kappa shape index (κ1) is 14.7. The van der Waals surface area contributed by atoms with E-state index in [0.717, 1.165) is 12.8 Å². The lowest BCUT2D eigenvalue weighted by atomic mass is 9.93. The van der Waals surface area contributed by atoms with Crippen LogP contribution in [0.2, 0.25) is 0 Å². The zero-order valence-corrected chi connectivity index (χ0v) is 13.6. The molecule has 0 bridgehead atoms. The third-order valence-electron chi connectivity index (χ3n) is 4.58. The van der Waals surface area contributed by atoms with Gasteiger partial charge >= 0.3 is 0 Å². The van der Waals surface area contributed by atoms with Gasteiger partial charge in [-0.1, -0.05) is 66.7 Å². The topological polar surface area (TPSA) is 9.23 Å². The van der Waals surface area contributed by atoms with Crippen molar-refractivity contribution >= 4 is 22.4 Å². The van der Waals surface area contributed by atoms with Crippen LogP contribution in [0.3, 0.4) is 0 Å². The molecule has 0 spiro atoms. The van der Waals surface area contributed by atoms with Crippen LogP contribution >= 0.6 is 11.6 Å². The van der Waals surface area contributed by atoms with Crippen molar-refractivity contribution in [2.45, 2.75) is 30.4 Å². The quantitative estimate of drug-likeness (QED) is 0.523. The monoisotopic (exact) mass is 322 g/mol. The molecule has 1 aliphatic heterocycles. The molecule has 3 unspecified atom stereocenters. The molecule has 1 nitrogen and oxygen atoms in total. The minimum Gasteiger partial charge on any atom is -0.365 e. The minimum absolute atomic E-state index is 0.0565. The van der Waals surface area contributed by atoms with Gasteiger partial charge in [0.05, 0.1) is 12.2 Å². The van der Waals surface area contributed by atoms with Crippen LogP contribution in [0.4, 0.5) is 0 Å². The van der Waals surface area contributed by atoms with Crippen molar-refractivity contribution in [3.63, 3.8) is 0 Å². The third kappa shape index (κ3) is 3.12. The second-order valence-corrected chi connectivity index (χ2v) is 6.82. The van der Waals surface area contributed by atoms with Gasteiger partial charge < -0.3 is 4.74 Å². The average molecular weight is 323 g/mol. The molecule has 23 heavy (non-hydrogen) atoms. The minimum atomic E-state index is 0.0565. The van der Waals surface area contributed by atoms with Gasteiger partial charge in [-0.2, -0.15) is 0 Å². The molecule has 0 aromatic heterocycles. The maximum atomic E-state index is 6.54. The standard InChI is InChI=1S/C21H19ClO/c22-19-13-20(16-7-2-1-3-8-16)23-21(14-19)18-11-10-15-6-4-5-9-17(15)12-18/h1-12,19-21H,13-14H2. The Labute approximate surface area is 141 Å². The third-order valence-corrected chi connectivity index (χ3v) is 4.94. The van der Waals surface area contributed by atoms with Gasteiger partial charge in [-0.15, -0.1) is 11.6 Å². The van der Waals surface area contributed by atoms with Crippen molar-refractivity contribution in [3.8, 4) is 0 Å². The number of ether oxygens (including phenoxy) is 1. The number of rotatable bonds is 2. The molecule has 0 aliphatic carbocycles. The van der Waals surface area contributed by atoms with E-state index in [9.17, 15) is 0 Å². The molecule has 3 atom stereocenters. The number of halogens is 1. The fraction of sp³-hybridized carbons (Fsp3) is 0.238. The van der Waals surface area contributed by atoms with Crippen LogP contribution in [0.25, 0.3) is 10.8 Å². The summed E-state index contributed by atoms with van der Waals surface area (Å²) in [4.78, 5) is 0. The number of hydrogen-bond acceptors (Lipinski definition) is 1. The van der Waals surface area contributed by atoms with E-state index in [-0.39, 0.29) is 17.6 Å². The second-order valence-electron chi connectivity index (χ2n) is 6.20. The highest BCUT2D eigenvalue weighted by atomic mass is 35.5. The summed E-state index contributed by atoms with van der Waals surface area (Å²) in [7, 11) is 0. The average Bonchev–Trinajstić information content (AvgIpc) is 2.61. The summed E-state index contributed by atoms with van der Waals surface area (Å²) in [5.74, 6) is 0. The fourth-order valence-electron chi connectivity index (χ4n) is 3.38. The molecule has 1 saturated heterocycles. The van der Waals surface area contributed by atoms with E-state index < -0.39 is 0 Å². The van der Waals surface area contributed by atoms with Gasteiger partial charge in [-0.3, -0.25) is 0 Å². The van der Waals surface area contributed by atoms with E-state index in [1.54, 1.807) is 0 Å². The van der Waals surface area contributed by atoms with Crippen LogP contribution in [0, 0.1) is 0 Å². The van der Waals surface area contributed by atoms with Crippen molar-refractivity contribution < 1.29 is 4.74 Å². The lowest BCUT2D eigenvalue weighted by Crippen LogP contribution is -2.23. The van der Waals surface area contributed by atoms with Crippen molar-refractivity contribution in [3.05, 3.63) is 83.9 Å². The first-order valence-corrected chi connectivity index (χ1v) is 8.56. The highest BCUT2D eigenvalue weighted by Gasteiger charge is 2.30. The summed E-state index contributed by atoms with van der Waals surface area (Å²) in [6, 6.07) is 25.4. The maximum absolute atomic E-state index is 6.54. The van der Waals surface area contributed by atoms with E-state index in [0.29, 0.717) is 0 Å². The molecule has 116 valence electrons. The van der Waals surface area contributed by atoms with Crippen molar-refractivity contribution in [1.29, 1.82) is 0 Å². The van der Waals surface area contributed by atoms with Crippen LogP contribution in [0.1, 0.15) is 36.2 Å². The summed E-state index contributed by atoms with van der Waals surface area (Å²) < 4.78 is 6.39. The largest absolute Gasteiger partial charge is 0.365 e. The Hall–Kier alpha value is -1.83. The van der Waals surface area contributed by atoms with Crippen molar-refractivity contribution in [2.75, 3.05) is 0 Å². The highest BCUT2D eigenvalue weighted by molar-refractivity contribution is 6.20. The molecular weight excluding hydrogens is 304 g/mol. The van der Waals surface area contributed by atoms with Gasteiger partial charge in [0.1, 0.15) is 0 Å². The molecule has 0 amide bonds. The Morgan fingerprint density at radius 3 is 2.13 bits per heavy atom. The first-order chi connectivity index (χ1) is 11.3. The number of fused-ring (bicyclic) bond motifs is 1. The van der Waals surface area contributed by atoms with E-state index in [4.69, 9.17) is 16.3 Å². The van der Waals surface area contributed by atoms with E-state index in [1.807, 2.05) is 6.07 Å². The normalized spacial score (nSPS) is 24.7. The zero-order valence-electron chi connectivity index (χ0n) is 12.9.